The van der Waals surface area contributed by atoms with Crippen molar-refractivity contribution in [1.29, 1.82) is 0 Å². The number of hydrogen-bond acceptors (Lipinski definition) is 8. The van der Waals surface area contributed by atoms with Crippen LogP contribution in [-0.2, 0) is 33.9 Å². The van der Waals surface area contributed by atoms with Gasteiger partial charge in [-0.1, -0.05) is 52.0 Å². The Morgan fingerprint density at radius 1 is 0.941 bits per heavy atom. The largest absolute Gasteiger partial charge is 0.361 e. The van der Waals surface area contributed by atoms with Crippen molar-refractivity contribution in [1.82, 2.24) is 30.8 Å². The highest BCUT2D eigenvalue weighted by Gasteiger charge is 2.35. The normalized spacial score (nSPS) is 19.3. The zero-order valence-corrected chi connectivity index (χ0v) is 31.7. The summed E-state index contributed by atoms with van der Waals surface area (Å²) < 4.78 is 0.899. The summed E-state index contributed by atoms with van der Waals surface area (Å²) in [6.07, 6.45) is 6.82. The van der Waals surface area contributed by atoms with Gasteiger partial charge in [0.2, 0.25) is 17.7 Å². The van der Waals surface area contributed by atoms with Gasteiger partial charge in [0, 0.05) is 58.7 Å². The molecule has 2 aromatic heterocycles. The van der Waals surface area contributed by atoms with Gasteiger partial charge >= 0.3 is 0 Å². The quantitative estimate of drug-likeness (QED) is 0.126. The van der Waals surface area contributed by atoms with E-state index in [0.29, 0.717) is 51.7 Å². The van der Waals surface area contributed by atoms with Crippen molar-refractivity contribution >= 4 is 56.3 Å². The predicted molar refractivity (Wildman–Crippen MR) is 206 cm³/mol. The summed E-state index contributed by atoms with van der Waals surface area (Å²) in [5, 5.41) is 11.5. The van der Waals surface area contributed by atoms with Crippen LogP contribution < -0.4 is 27.4 Å². The molecule has 13 heteroatoms. The van der Waals surface area contributed by atoms with E-state index in [2.05, 4.69) is 36.9 Å². The fourth-order valence-corrected chi connectivity index (χ4v) is 8.29. The minimum Gasteiger partial charge on any atom is -0.361 e. The number of fused-ring (bicyclic) bond motifs is 3. The Bertz CT molecular complexity index is 1820. The zero-order chi connectivity index (χ0) is 36.3. The SMILES string of the molecule is CCN1C(=O)[C@H](CCCCN)NC(=O)[C@H](CCCN)NCc2cccnc2Sc2c(C)cc(Br)cc2CNC(=O)[C@@H]1Cc1c[nH]c2ccccc12. The van der Waals surface area contributed by atoms with Gasteiger partial charge < -0.3 is 37.3 Å². The second kappa shape index (κ2) is 18.7. The van der Waals surface area contributed by atoms with Gasteiger partial charge in [0.15, 0.2) is 0 Å². The molecule has 3 atom stereocenters. The van der Waals surface area contributed by atoms with Gasteiger partial charge in [-0.2, -0.15) is 0 Å². The molecule has 51 heavy (non-hydrogen) atoms. The van der Waals surface area contributed by atoms with E-state index in [1.807, 2.05) is 68.6 Å². The van der Waals surface area contributed by atoms with Gasteiger partial charge in [0.25, 0.3) is 0 Å². The van der Waals surface area contributed by atoms with Gasteiger partial charge in [0.05, 0.1) is 6.04 Å². The zero-order valence-electron chi connectivity index (χ0n) is 29.3. The van der Waals surface area contributed by atoms with E-state index in [9.17, 15) is 14.4 Å². The second-order valence-corrected chi connectivity index (χ2v) is 14.8. The number of hydrogen-bond donors (Lipinski definition) is 6. The fourth-order valence-electron chi connectivity index (χ4n) is 6.61. The van der Waals surface area contributed by atoms with E-state index in [4.69, 9.17) is 16.5 Å². The first kappa shape index (κ1) is 38.5. The molecule has 2 aromatic carbocycles. The molecule has 0 fully saturated rings. The number of nitrogens with two attached hydrogens (primary N) is 2. The maximum atomic E-state index is 14.6. The number of pyridine rings is 1. The predicted octanol–water partition coefficient (Wildman–Crippen LogP) is 4.69. The molecule has 3 heterocycles. The molecule has 0 unspecified atom stereocenters. The second-order valence-electron chi connectivity index (χ2n) is 12.9. The standard InChI is InChI=1S/C38H49BrN8O3S/c1-3-47-33(20-26-22-43-30-12-5-4-11-29(26)30)36(49)45-23-27-19-28(39)18-24(2)34(27)51-37-25(10-9-17-42-37)21-44-31(14-8-16-41)35(48)46-32(38(47)50)13-6-7-15-40/h4-5,9-12,17-19,22,31-33,43-44H,3,6-8,13-16,20-21,23,40-41H2,1-2H3,(H,45,49)(H,46,48)/t31-,32-,33-/m0/s1. The van der Waals surface area contributed by atoms with Crippen LogP contribution in [0.1, 0.15) is 61.3 Å². The van der Waals surface area contributed by atoms with Crippen LogP contribution in [0.15, 0.2) is 75.3 Å². The lowest BCUT2D eigenvalue weighted by Crippen LogP contribution is -2.58. The van der Waals surface area contributed by atoms with E-state index >= 15 is 0 Å². The van der Waals surface area contributed by atoms with Crippen LogP contribution in [0, 0.1) is 6.92 Å². The summed E-state index contributed by atoms with van der Waals surface area (Å²) in [6.45, 7) is 5.72. The van der Waals surface area contributed by atoms with Crippen molar-refractivity contribution < 1.29 is 14.4 Å². The number of aromatic amines is 1. The maximum Gasteiger partial charge on any atom is 0.245 e. The Balaban J connectivity index is 1.60. The number of nitrogens with one attached hydrogen (secondary N) is 4. The number of H-pyrrole nitrogens is 1. The van der Waals surface area contributed by atoms with Crippen LogP contribution in [0.4, 0.5) is 0 Å². The van der Waals surface area contributed by atoms with Crippen molar-refractivity contribution in [3.8, 4) is 0 Å². The molecule has 8 N–H and O–H groups in total. The third-order valence-corrected chi connectivity index (χ3v) is 11.1. The van der Waals surface area contributed by atoms with Gasteiger partial charge in [0.1, 0.15) is 17.1 Å². The first-order chi connectivity index (χ1) is 24.7. The summed E-state index contributed by atoms with van der Waals surface area (Å²) in [7, 11) is 0. The number of aryl methyl sites for hydroxylation is 1. The molecular formula is C38H49BrN8O3S. The summed E-state index contributed by atoms with van der Waals surface area (Å²) >= 11 is 5.19. The summed E-state index contributed by atoms with van der Waals surface area (Å²) in [5.41, 5.74) is 16.5. The van der Waals surface area contributed by atoms with Gasteiger partial charge in [-0.25, -0.2) is 4.98 Å². The number of benzene rings is 2. The number of carbonyl (C=O) groups is 3. The van der Waals surface area contributed by atoms with Crippen molar-refractivity contribution in [2.24, 2.45) is 11.5 Å². The van der Waals surface area contributed by atoms with Crippen LogP contribution in [0.5, 0.6) is 0 Å². The maximum absolute atomic E-state index is 14.6. The highest BCUT2D eigenvalue weighted by molar-refractivity contribution is 9.10. The molecule has 272 valence electrons. The van der Waals surface area contributed by atoms with Gasteiger partial charge in [-0.05, 0) is 106 Å². The Kier molecular flexibility index (Phi) is 14.1. The Morgan fingerprint density at radius 2 is 1.73 bits per heavy atom. The summed E-state index contributed by atoms with van der Waals surface area (Å²) in [6, 6.07) is 13.6. The number of para-hydroxylation sites is 1. The number of amides is 3. The van der Waals surface area contributed by atoms with Crippen LogP contribution in [0.25, 0.3) is 10.9 Å². The fraction of sp³-hybridized carbons (Fsp3) is 0.421. The summed E-state index contributed by atoms with van der Waals surface area (Å²) in [4.78, 5) is 53.7. The van der Waals surface area contributed by atoms with E-state index in [-0.39, 0.29) is 37.2 Å². The molecule has 0 saturated heterocycles. The summed E-state index contributed by atoms with van der Waals surface area (Å²) in [5.74, 6) is -0.855. The van der Waals surface area contributed by atoms with Crippen LogP contribution >= 0.6 is 27.7 Å². The molecule has 1 aliphatic rings. The number of rotatable bonds is 10. The third-order valence-electron chi connectivity index (χ3n) is 9.32. The Labute approximate surface area is 312 Å². The molecule has 0 bridgehead atoms. The van der Waals surface area contributed by atoms with Crippen LogP contribution in [0.2, 0.25) is 0 Å². The average molecular weight is 778 g/mol. The monoisotopic (exact) mass is 776 g/mol. The smallest absolute Gasteiger partial charge is 0.245 e. The number of nitrogens with zero attached hydrogens (tertiary/aromatic N) is 2. The van der Waals surface area contributed by atoms with E-state index in [0.717, 1.165) is 47.6 Å². The topological polar surface area (TPSA) is 171 Å². The molecule has 4 aromatic rings. The van der Waals surface area contributed by atoms with Crippen molar-refractivity contribution in [2.75, 3.05) is 19.6 Å². The molecule has 0 spiro atoms. The third kappa shape index (κ3) is 9.78. The lowest BCUT2D eigenvalue weighted by molar-refractivity contribution is -0.143. The van der Waals surface area contributed by atoms with E-state index < -0.39 is 18.1 Å². The lowest BCUT2D eigenvalue weighted by Gasteiger charge is -2.34. The molecule has 11 nitrogen and oxygen atoms in total. The molecular weight excluding hydrogens is 728 g/mol. The molecule has 1 aliphatic heterocycles. The average Bonchev–Trinajstić information content (AvgIpc) is 3.54. The number of aromatic nitrogens is 2. The lowest BCUT2D eigenvalue weighted by atomic mass is 10.00. The van der Waals surface area contributed by atoms with Crippen molar-refractivity contribution in [3.05, 3.63) is 87.7 Å². The molecule has 0 saturated carbocycles. The Hall–Kier alpha value is -3.75. The van der Waals surface area contributed by atoms with Crippen LogP contribution in [0.3, 0.4) is 0 Å². The number of halogens is 1. The number of carbonyl (C=O) groups excluding carboxylic acids is 3. The molecule has 0 aliphatic carbocycles. The van der Waals surface area contributed by atoms with Gasteiger partial charge in [-0.3, -0.25) is 14.4 Å². The first-order valence-corrected chi connectivity index (χ1v) is 19.3. The van der Waals surface area contributed by atoms with E-state index in [1.54, 1.807) is 11.1 Å². The highest BCUT2D eigenvalue weighted by Crippen LogP contribution is 2.36. The Morgan fingerprint density at radius 3 is 2.51 bits per heavy atom. The van der Waals surface area contributed by atoms with E-state index in [1.165, 1.54) is 11.8 Å². The van der Waals surface area contributed by atoms with Crippen LogP contribution in [-0.4, -0.2) is 70.3 Å². The first-order valence-electron chi connectivity index (χ1n) is 17.7. The van der Waals surface area contributed by atoms with Gasteiger partial charge in [-0.15, -0.1) is 0 Å². The minimum atomic E-state index is -0.844. The van der Waals surface area contributed by atoms with Crippen molar-refractivity contribution in [2.45, 2.75) is 93.5 Å². The highest BCUT2D eigenvalue weighted by atomic mass is 79.9. The molecule has 0 radical (unpaired) electrons. The number of unbranched alkanes of at least 4 members (excludes halogenated alkanes) is 1. The minimum absolute atomic E-state index is 0.246. The van der Waals surface area contributed by atoms with Crippen molar-refractivity contribution in [3.63, 3.8) is 0 Å². The molecule has 5 rings (SSSR count). The molecule has 3 amide bonds. The number of likely N-dealkylation sites (N-methyl/N-ethyl adjacent to an activating group) is 1.